The third kappa shape index (κ3) is 4.31. The molecule has 0 amide bonds. The number of aromatic nitrogens is 1. The van der Waals surface area contributed by atoms with Crippen LogP contribution in [0.15, 0.2) is 64.7 Å². The van der Waals surface area contributed by atoms with E-state index in [9.17, 15) is 14.0 Å². The van der Waals surface area contributed by atoms with Crippen molar-refractivity contribution < 1.29 is 14.0 Å². The van der Waals surface area contributed by atoms with Gasteiger partial charge in [0.1, 0.15) is 6.10 Å². The monoisotopic (exact) mass is 430 g/mol. The molecule has 29 heavy (non-hydrogen) atoms. The van der Waals surface area contributed by atoms with Gasteiger partial charge in [-0.3, -0.25) is 14.2 Å². The van der Waals surface area contributed by atoms with Crippen molar-refractivity contribution in [3.05, 3.63) is 85.7 Å². The largest absolute Gasteiger partial charge is 0.392 e. The van der Waals surface area contributed by atoms with Crippen molar-refractivity contribution >= 4 is 34.4 Å². The Hall–Kier alpha value is -2.77. The van der Waals surface area contributed by atoms with Crippen LogP contribution in [0.5, 0.6) is 0 Å². The lowest BCUT2D eigenvalue weighted by Crippen LogP contribution is -2.20. The summed E-state index contributed by atoms with van der Waals surface area (Å²) in [4.78, 5) is 30.2. The summed E-state index contributed by atoms with van der Waals surface area (Å²) in [7, 11) is 0. The fourth-order valence-electron chi connectivity index (χ4n) is 3.12. The van der Waals surface area contributed by atoms with Gasteiger partial charge in [-0.05, 0) is 48.4 Å². The molecule has 0 radical (unpaired) electrons. The molecule has 0 spiro atoms. The molecular weight excluding hydrogens is 415 g/mol. The van der Waals surface area contributed by atoms with Crippen molar-refractivity contribution in [3.8, 4) is 5.69 Å². The molecule has 148 valence electrons. The molecule has 8 heteroatoms. The van der Waals surface area contributed by atoms with Gasteiger partial charge in [0.15, 0.2) is 11.6 Å². The van der Waals surface area contributed by atoms with E-state index in [4.69, 9.17) is 16.4 Å². The van der Waals surface area contributed by atoms with Gasteiger partial charge in [-0.15, -0.1) is 11.3 Å². The number of nitrogens with zero attached hydrogens (tertiary/aromatic N) is 2. The summed E-state index contributed by atoms with van der Waals surface area (Å²) in [5.74, 6) is -0.754. The van der Waals surface area contributed by atoms with Gasteiger partial charge < -0.3 is 4.84 Å². The van der Waals surface area contributed by atoms with E-state index in [1.807, 2.05) is 12.1 Å². The second kappa shape index (κ2) is 8.31. The quantitative estimate of drug-likeness (QED) is 0.525. The minimum atomic E-state index is -0.799. The van der Waals surface area contributed by atoms with Crippen molar-refractivity contribution in [2.24, 2.45) is 5.16 Å². The number of pyridine rings is 1. The summed E-state index contributed by atoms with van der Waals surface area (Å²) in [6.45, 7) is 0. The molecule has 5 nitrogen and oxygen atoms in total. The van der Waals surface area contributed by atoms with E-state index in [2.05, 4.69) is 5.16 Å². The van der Waals surface area contributed by atoms with Crippen LogP contribution in [0, 0.1) is 5.82 Å². The Morgan fingerprint density at radius 3 is 2.76 bits per heavy atom. The van der Waals surface area contributed by atoms with Crippen LogP contribution in [0.4, 0.5) is 4.39 Å². The van der Waals surface area contributed by atoms with Crippen molar-refractivity contribution in [1.29, 1.82) is 0 Å². The third-order valence-electron chi connectivity index (χ3n) is 4.65. The van der Waals surface area contributed by atoms with Gasteiger partial charge in [0.25, 0.3) is 5.56 Å². The lowest BCUT2D eigenvalue weighted by Gasteiger charge is -2.08. The van der Waals surface area contributed by atoms with E-state index in [-0.39, 0.29) is 11.9 Å². The zero-order chi connectivity index (χ0) is 20.4. The number of ketones is 1. The van der Waals surface area contributed by atoms with Gasteiger partial charge in [0.2, 0.25) is 0 Å². The Kier molecular flexibility index (Phi) is 5.60. The number of hydrogen-bond donors (Lipinski definition) is 0. The Labute approximate surface area is 175 Å². The van der Waals surface area contributed by atoms with E-state index in [1.165, 1.54) is 28.2 Å². The zero-order valence-electron chi connectivity index (χ0n) is 15.2. The molecule has 3 heterocycles. The number of carbonyl (C=O) groups is 1. The fourth-order valence-corrected chi connectivity index (χ4v) is 4.13. The summed E-state index contributed by atoms with van der Waals surface area (Å²) >= 11 is 7.15. The molecule has 1 aliphatic rings. The molecule has 0 saturated carbocycles. The number of Topliss-reactive ketones (excluding diaryl/α,β-unsaturated/α-hetero) is 1. The fraction of sp³-hybridized carbons (Fsp3) is 0.190. The molecule has 1 unspecified atom stereocenters. The minimum absolute atomic E-state index is 0.0452. The van der Waals surface area contributed by atoms with Crippen molar-refractivity contribution in [1.82, 2.24) is 4.57 Å². The van der Waals surface area contributed by atoms with Crippen molar-refractivity contribution in [3.63, 3.8) is 0 Å². The molecule has 1 aliphatic heterocycles. The highest BCUT2D eigenvalue weighted by Gasteiger charge is 2.23. The normalized spacial score (nSPS) is 15.8. The van der Waals surface area contributed by atoms with E-state index in [1.54, 1.807) is 24.3 Å². The van der Waals surface area contributed by atoms with E-state index in [0.29, 0.717) is 34.2 Å². The third-order valence-corrected chi connectivity index (χ3v) is 5.93. The molecular formula is C21H16ClFN2O3S. The van der Waals surface area contributed by atoms with Gasteiger partial charge in [-0.25, -0.2) is 4.39 Å². The van der Waals surface area contributed by atoms with Gasteiger partial charge in [-0.2, -0.15) is 0 Å². The first-order chi connectivity index (χ1) is 14.0. The number of benzene rings is 1. The Balaban J connectivity index is 1.37. The lowest BCUT2D eigenvalue weighted by atomic mass is 10.0. The van der Waals surface area contributed by atoms with Crippen LogP contribution in [0.2, 0.25) is 4.34 Å². The molecule has 0 N–H and O–H groups in total. The number of halogens is 2. The average molecular weight is 431 g/mol. The van der Waals surface area contributed by atoms with Gasteiger partial charge in [-0.1, -0.05) is 28.9 Å². The Morgan fingerprint density at radius 1 is 1.24 bits per heavy atom. The van der Waals surface area contributed by atoms with E-state index >= 15 is 0 Å². The number of thiophene rings is 1. The molecule has 0 aliphatic carbocycles. The number of rotatable bonds is 6. The number of oxime groups is 1. The van der Waals surface area contributed by atoms with Crippen LogP contribution in [-0.4, -0.2) is 22.2 Å². The highest BCUT2D eigenvalue weighted by Crippen LogP contribution is 2.25. The second-order valence-corrected chi connectivity index (χ2v) is 8.33. The van der Waals surface area contributed by atoms with Crippen LogP contribution >= 0.6 is 22.9 Å². The first kappa shape index (κ1) is 19.5. The SMILES string of the molecule is O=C(CCC1CC(c2ccc(-n3cccc(F)c3=O)cc2)=NO1)c1ccc(Cl)s1. The summed E-state index contributed by atoms with van der Waals surface area (Å²) < 4.78 is 15.3. The van der Waals surface area contributed by atoms with Crippen LogP contribution in [-0.2, 0) is 4.84 Å². The standard InChI is InChI=1S/C21H16ClFN2O3S/c22-20-10-9-19(29-20)18(26)8-7-15-12-17(24-28-15)13-3-5-14(6-4-13)25-11-1-2-16(23)21(25)27/h1-6,9-11,15H,7-8,12H2. The average Bonchev–Trinajstić information content (AvgIpc) is 3.38. The Bertz CT molecular complexity index is 1140. The highest BCUT2D eigenvalue weighted by atomic mass is 35.5. The van der Waals surface area contributed by atoms with Crippen LogP contribution in [0.1, 0.15) is 34.5 Å². The second-order valence-electron chi connectivity index (χ2n) is 6.61. The number of hydrogen-bond acceptors (Lipinski definition) is 5. The smallest absolute Gasteiger partial charge is 0.291 e. The Morgan fingerprint density at radius 2 is 2.03 bits per heavy atom. The van der Waals surface area contributed by atoms with Crippen LogP contribution in [0.25, 0.3) is 5.69 Å². The van der Waals surface area contributed by atoms with Gasteiger partial charge >= 0.3 is 0 Å². The van der Waals surface area contributed by atoms with Crippen molar-refractivity contribution in [2.45, 2.75) is 25.4 Å². The minimum Gasteiger partial charge on any atom is -0.392 e. The molecule has 2 aromatic heterocycles. The van der Waals surface area contributed by atoms with E-state index < -0.39 is 11.4 Å². The summed E-state index contributed by atoms with van der Waals surface area (Å²) in [5, 5.41) is 4.13. The molecule has 0 saturated heterocycles. The highest BCUT2D eigenvalue weighted by molar-refractivity contribution is 7.18. The summed E-state index contributed by atoms with van der Waals surface area (Å²) in [6, 6.07) is 13.2. The van der Waals surface area contributed by atoms with Gasteiger partial charge in [0, 0.05) is 24.7 Å². The van der Waals surface area contributed by atoms with Gasteiger partial charge in [0.05, 0.1) is 14.9 Å². The molecule has 3 aromatic rings. The summed E-state index contributed by atoms with van der Waals surface area (Å²) in [6.07, 6.45) is 2.89. The van der Waals surface area contributed by atoms with Crippen molar-refractivity contribution in [2.75, 3.05) is 0 Å². The molecule has 4 rings (SSSR count). The number of carbonyl (C=O) groups excluding carboxylic acids is 1. The molecule has 1 atom stereocenters. The van der Waals surface area contributed by atoms with E-state index in [0.717, 1.165) is 17.3 Å². The maximum atomic E-state index is 13.5. The first-order valence-electron chi connectivity index (χ1n) is 9.00. The molecule has 1 aromatic carbocycles. The predicted molar refractivity (Wildman–Crippen MR) is 111 cm³/mol. The topological polar surface area (TPSA) is 60.7 Å². The maximum absolute atomic E-state index is 13.5. The maximum Gasteiger partial charge on any atom is 0.291 e. The summed E-state index contributed by atoms with van der Waals surface area (Å²) in [5.41, 5.74) is 1.50. The molecule has 0 fully saturated rings. The first-order valence-corrected chi connectivity index (χ1v) is 10.2. The predicted octanol–water partition coefficient (Wildman–Crippen LogP) is 4.85. The zero-order valence-corrected chi connectivity index (χ0v) is 16.8. The lowest BCUT2D eigenvalue weighted by molar-refractivity contribution is 0.0720. The molecule has 0 bridgehead atoms. The van der Waals surface area contributed by atoms with Crippen LogP contribution in [0.3, 0.4) is 0 Å². The van der Waals surface area contributed by atoms with Crippen LogP contribution < -0.4 is 5.56 Å².